The number of nitrogens with zero attached hydrogens (tertiary/aromatic N) is 1. The summed E-state index contributed by atoms with van der Waals surface area (Å²) in [4.78, 5) is 24.4. The second kappa shape index (κ2) is 8.27. The molecule has 2 saturated heterocycles. The molecule has 128 valence electrons. The Balaban J connectivity index is 2.02. The summed E-state index contributed by atoms with van der Waals surface area (Å²) in [5.74, 6) is -0.499. The number of ether oxygens (including phenoxy) is 2. The van der Waals surface area contributed by atoms with E-state index in [1.54, 1.807) is 6.92 Å². The fourth-order valence-electron chi connectivity index (χ4n) is 2.88. The minimum Gasteiger partial charge on any atom is -0.465 e. The first-order valence-electron chi connectivity index (χ1n) is 7.80. The van der Waals surface area contributed by atoms with E-state index in [4.69, 9.17) is 14.7 Å². The van der Waals surface area contributed by atoms with Gasteiger partial charge in [-0.25, -0.2) is 0 Å². The molecule has 0 aromatic heterocycles. The van der Waals surface area contributed by atoms with Crippen LogP contribution in [0.1, 0.15) is 33.6 Å². The molecular weight excluding hydrogens is 336 g/mol. The third kappa shape index (κ3) is 4.34. The van der Waals surface area contributed by atoms with Gasteiger partial charge >= 0.3 is 5.97 Å². The largest absolute Gasteiger partial charge is 0.465 e. The second-order valence-corrected chi connectivity index (χ2v) is 8.03. The molecule has 8 heteroatoms. The Labute approximate surface area is 145 Å². The molecule has 2 rings (SSSR count). The van der Waals surface area contributed by atoms with Gasteiger partial charge in [0.2, 0.25) is 5.91 Å². The molecule has 0 aromatic carbocycles. The Hall–Kier alpha value is -0.910. The van der Waals surface area contributed by atoms with Crippen molar-refractivity contribution in [2.24, 2.45) is 5.92 Å². The van der Waals surface area contributed by atoms with Crippen molar-refractivity contribution in [3.8, 4) is 5.40 Å². The molecule has 6 nitrogen and oxygen atoms in total. The number of hydrogen-bond donors (Lipinski definition) is 1. The fourth-order valence-corrected chi connectivity index (χ4v) is 5.52. The Kier molecular flexibility index (Phi) is 6.62. The number of thiocyanates is 1. The highest BCUT2D eigenvalue weighted by Gasteiger charge is 2.47. The molecule has 0 saturated carbocycles. The van der Waals surface area contributed by atoms with Crippen LogP contribution in [0.4, 0.5) is 0 Å². The van der Waals surface area contributed by atoms with Gasteiger partial charge < -0.3 is 14.8 Å². The smallest absolute Gasteiger partial charge is 0.319 e. The number of thioether (sulfide) groups is 2. The van der Waals surface area contributed by atoms with Crippen LogP contribution >= 0.6 is 23.5 Å². The summed E-state index contributed by atoms with van der Waals surface area (Å²) in [6.45, 7) is 5.96. The molecule has 0 bridgehead atoms. The predicted molar refractivity (Wildman–Crippen MR) is 89.7 cm³/mol. The van der Waals surface area contributed by atoms with Crippen molar-refractivity contribution < 1.29 is 19.1 Å². The van der Waals surface area contributed by atoms with Gasteiger partial charge in [0, 0.05) is 0 Å². The third-order valence-corrected chi connectivity index (χ3v) is 6.97. The third-order valence-electron chi connectivity index (χ3n) is 4.10. The van der Waals surface area contributed by atoms with E-state index in [9.17, 15) is 9.59 Å². The highest BCUT2D eigenvalue weighted by molar-refractivity contribution is 8.07. The van der Waals surface area contributed by atoms with Gasteiger partial charge in [-0.15, -0.1) is 11.8 Å². The lowest BCUT2D eigenvalue weighted by atomic mass is 10.0. The number of nitrogens with one attached hydrogen (secondary N) is 1. The van der Waals surface area contributed by atoms with Gasteiger partial charge in [-0.3, -0.25) is 9.59 Å². The summed E-state index contributed by atoms with van der Waals surface area (Å²) >= 11 is 2.47. The van der Waals surface area contributed by atoms with Gasteiger partial charge in [0.15, 0.2) is 0 Å². The van der Waals surface area contributed by atoms with E-state index in [0.717, 1.165) is 18.2 Å². The SMILES string of the molecule is CCOC(=O)C1SC(NC(=O)C2CCC(C)O2)C(SC#N)C1C. The standard InChI is InChI=1S/C15H22N2O4S2/c1-4-20-15(19)12-9(3)11(22-7-16)14(23-12)17-13(18)10-6-5-8(2)21-10/h8-12,14H,4-6H2,1-3H3,(H,17,18). The van der Waals surface area contributed by atoms with Crippen LogP contribution in [0.25, 0.3) is 0 Å². The van der Waals surface area contributed by atoms with Crippen LogP contribution in [0.15, 0.2) is 0 Å². The van der Waals surface area contributed by atoms with Crippen LogP contribution in [0.3, 0.4) is 0 Å². The van der Waals surface area contributed by atoms with Crippen LogP contribution in [0.5, 0.6) is 0 Å². The first-order valence-corrected chi connectivity index (χ1v) is 9.62. The summed E-state index contributed by atoms with van der Waals surface area (Å²) in [5, 5.41) is 13.2. The second-order valence-electron chi connectivity index (χ2n) is 5.78. The van der Waals surface area contributed by atoms with Crippen molar-refractivity contribution >= 4 is 35.4 Å². The minimum absolute atomic E-state index is 0.0579. The zero-order chi connectivity index (χ0) is 17.0. The summed E-state index contributed by atoms with van der Waals surface area (Å²) in [7, 11) is 0. The Bertz CT molecular complexity index is 496. The van der Waals surface area contributed by atoms with Crippen LogP contribution in [0, 0.1) is 16.6 Å². The summed E-state index contributed by atoms with van der Waals surface area (Å²) in [6.07, 6.45) is 1.23. The molecule has 2 aliphatic rings. The molecular formula is C15H22N2O4S2. The normalized spacial score (nSPS) is 36.4. The zero-order valence-corrected chi connectivity index (χ0v) is 15.1. The van der Waals surface area contributed by atoms with Crippen LogP contribution in [0.2, 0.25) is 0 Å². The molecule has 2 fully saturated rings. The first-order chi connectivity index (χ1) is 11.0. The van der Waals surface area contributed by atoms with Gasteiger partial charge in [0.1, 0.15) is 16.8 Å². The molecule has 23 heavy (non-hydrogen) atoms. The summed E-state index contributed by atoms with van der Waals surface area (Å²) in [5.41, 5.74) is 0. The highest BCUT2D eigenvalue weighted by atomic mass is 32.2. The average Bonchev–Trinajstić information content (AvgIpc) is 3.06. The number of nitriles is 1. The number of rotatable bonds is 5. The maximum atomic E-state index is 12.3. The zero-order valence-electron chi connectivity index (χ0n) is 13.5. The van der Waals surface area contributed by atoms with E-state index in [1.807, 2.05) is 13.8 Å². The summed E-state index contributed by atoms with van der Waals surface area (Å²) in [6, 6.07) is 0. The summed E-state index contributed by atoms with van der Waals surface area (Å²) < 4.78 is 10.7. The molecule has 0 aromatic rings. The molecule has 0 aliphatic carbocycles. The number of carbonyl (C=O) groups is 2. The van der Waals surface area contributed by atoms with E-state index < -0.39 is 6.10 Å². The van der Waals surface area contributed by atoms with Crippen LogP contribution in [-0.2, 0) is 19.1 Å². The van der Waals surface area contributed by atoms with Crippen molar-refractivity contribution in [1.29, 1.82) is 5.26 Å². The Morgan fingerprint density at radius 3 is 2.74 bits per heavy atom. The van der Waals surface area contributed by atoms with E-state index in [-0.39, 0.29) is 39.8 Å². The van der Waals surface area contributed by atoms with Crippen molar-refractivity contribution in [2.75, 3.05) is 6.61 Å². The lowest BCUT2D eigenvalue weighted by molar-refractivity contribution is -0.143. The molecule has 2 heterocycles. The predicted octanol–water partition coefficient (Wildman–Crippen LogP) is 1.89. The van der Waals surface area contributed by atoms with Crippen molar-refractivity contribution in [3.63, 3.8) is 0 Å². The number of amides is 1. The maximum Gasteiger partial charge on any atom is 0.319 e. The van der Waals surface area contributed by atoms with Gasteiger partial charge in [-0.2, -0.15) is 5.26 Å². The molecule has 0 spiro atoms. The quantitative estimate of drug-likeness (QED) is 0.593. The van der Waals surface area contributed by atoms with Gasteiger partial charge in [0.25, 0.3) is 0 Å². The van der Waals surface area contributed by atoms with E-state index in [2.05, 4.69) is 10.7 Å². The molecule has 2 aliphatic heterocycles. The molecule has 6 atom stereocenters. The molecule has 0 radical (unpaired) electrons. The number of hydrogen-bond acceptors (Lipinski definition) is 7. The average molecular weight is 358 g/mol. The number of esters is 1. The minimum atomic E-state index is -0.435. The lowest BCUT2D eigenvalue weighted by Crippen LogP contribution is -2.43. The monoisotopic (exact) mass is 358 g/mol. The van der Waals surface area contributed by atoms with E-state index >= 15 is 0 Å². The molecule has 6 unspecified atom stereocenters. The number of carbonyl (C=O) groups excluding carboxylic acids is 2. The highest BCUT2D eigenvalue weighted by Crippen LogP contribution is 2.44. The lowest BCUT2D eigenvalue weighted by Gasteiger charge is -2.21. The Morgan fingerprint density at radius 2 is 2.17 bits per heavy atom. The van der Waals surface area contributed by atoms with Crippen molar-refractivity contribution in [3.05, 3.63) is 0 Å². The first kappa shape index (κ1) is 18.4. The van der Waals surface area contributed by atoms with Gasteiger partial charge in [-0.1, -0.05) is 6.92 Å². The molecule has 1 N–H and O–H groups in total. The van der Waals surface area contributed by atoms with E-state index in [0.29, 0.717) is 13.0 Å². The topological polar surface area (TPSA) is 88.4 Å². The van der Waals surface area contributed by atoms with Gasteiger partial charge in [-0.05, 0) is 44.4 Å². The van der Waals surface area contributed by atoms with E-state index in [1.165, 1.54) is 11.8 Å². The maximum absolute atomic E-state index is 12.3. The van der Waals surface area contributed by atoms with Crippen LogP contribution < -0.4 is 5.32 Å². The van der Waals surface area contributed by atoms with Crippen LogP contribution in [-0.4, -0.2) is 46.6 Å². The van der Waals surface area contributed by atoms with Gasteiger partial charge in [0.05, 0.1) is 23.3 Å². The Morgan fingerprint density at radius 1 is 1.43 bits per heavy atom. The molecule has 1 amide bonds. The fraction of sp³-hybridized carbons (Fsp3) is 0.800. The van der Waals surface area contributed by atoms with Crippen molar-refractivity contribution in [1.82, 2.24) is 5.32 Å². The van der Waals surface area contributed by atoms with Crippen molar-refractivity contribution in [2.45, 2.75) is 61.7 Å².